The molecular formula is C18H21BrF4N2O2. The average Bonchev–Trinajstić information content (AvgIpc) is 2.61. The highest BCUT2D eigenvalue weighted by atomic mass is 79.9. The Morgan fingerprint density at radius 3 is 2.59 bits per heavy atom. The molecule has 0 aliphatic carbocycles. The smallest absolute Gasteiger partial charge is 0.372 e. The molecule has 2 rings (SSSR count). The van der Waals surface area contributed by atoms with Crippen molar-refractivity contribution < 1.29 is 27.1 Å². The van der Waals surface area contributed by atoms with Gasteiger partial charge in [-0.15, -0.1) is 0 Å². The van der Waals surface area contributed by atoms with Crippen LogP contribution in [0.2, 0.25) is 0 Å². The van der Waals surface area contributed by atoms with Crippen LogP contribution >= 0.6 is 15.9 Å². The van der Waals surface area contributed by atoms with Crippen molar-refractivity contribution >= 4 is 27.9 Å². The monoisotopic (exact) mass is 452 g/mol. The minimum atomic E-state index is -4.29. The number of rotatable bonds is 7. The minimum Gasteiger partial charge on any atom is -0.372 e. The molecule has 0 unspecified atom stereocenters. The van der Waals surface area contributed by atoms with E-state index in [9.17, 15) is 22.4 Å². The van der Waals surface area contributed by atoms with Crippen LogP contribution in [0.15, 0.2) is 28.7 Å². The Kier molecular flexibility index (Phi) is 8.25. The molecule has 9 heteroatoms. The van der Waals surface area contributed by atoms with E-state index < -0.39 is 18.6 Å². The van der Waals surface area contributed by atoms with Gasteiger partial charge in [0.1, 0.15) is 12.4 Å². The second-order valence-corrected chi connectivity index (χ2v) is 7.10. The molecule has 1 heterocycles. The van der Waals surface area contributed by atoms with E-state index in [0.29, 0.717) is 44.7 Å². The summed E-state index contributed by atoms with van der Waals surface area (Å²) in [5.74, 6) is -0.595. The molecule has 0 aromatic heterocycles. The van der Waals surface area contributed by atoms with Gasteiger partial charge in [-0.05, 0) is 30.7 Å². The first-order chi connectivity index (χ1) is 12.7. The van der Waals surface area contributed by atoms with Crippen molar-refractivity contribution in [3.8, 4) is 0 Å². The lowest BCUT2D eigenvalue weighted by molar-refractivity contribution is -0.174. The minimum absolute atomic E-state index is 0.0552. The highest BCUT2D eigenvalue weighted by Crippen LogP contribution is 2.17. The van der Waals surface area contributed by atoms with Gasteiger partial charge in [-0.2, -0.15) is 13.2 Å². The van der Waals surface area contributed by atoms with E-state index in [-0.39, 0.29) is 12.5 Å². The van der Waals surface area contributed by atoms with Gasteiger partial charge in [-0.1, -0.05) is 15.9 Å². The van der Waals surface area contributed by atoms with E-state index in [1.54, 1.807) is 17.0 Å². The van der Waals surface area contributed by atoms with Crippen LogP contribution in [0.3, 0.4) is 0 Å². The number of alkyl halides is 3. The summed E-state index contributed by atoms with van der Waals surface area (Å²) in [4.78, 5) is 16.0. The first-order valence-corrected chi connectivity index (χ1v) is 9.33. The Balaban J connectivity index is 1.69. The number of ether oxygens (including phenoxy) is 1. The molecule has 4 nitrogen and oxygen atoms in total. The number of amides is 1. The molecule has 0 saturated carbocycles. The molecule has 0 radical (unpaired) electrons. The van der Waals surface area contributed by atoms with Crippen LogP contribution < -0.4 is 0 Å². The summed E-state index contributed by atoms with van der Waals surface area (Å²) in [5, 5.41) is 0. The lowest BCUT2D eigenvalue weighted by Gasteiger charge is -2.34. The zero-order valence-electron chi connectivity index (χ0n) is 14.6. The Hall–Kier alpha value is -1.45. The Morgan fingerprint density at radius 2 is 1.93 bits per heavy atom. The molecule has 27 heavy (non-hydrogen) atoms. The summed E-state index contributed by atoms with van der Waals surface area (Å²) in [6.07, 6.45) is -0.984. The van der Waals surface area contributed by atoms with Crippen molar-refractivity contribution in [3.05, 3.63) is 40.1 Å². The maximum Gasteiger partial charge on any atom is 0.411 e. The molecule has 1 aliphatic rings. The number of carbonyl (C=O) groups excluding carboxylic acids is 1. The van der Waals surface area contributed by atoms with Gasteiger partial charge in [0.2, 0.25) is 5.91 Å². The van der Waals surface area contributed by atoms with Crippen molar-refractivity contribution in [1.29, 1.82) is 0 Å². The third-order valence-electron chi connectivity index (χ3n) is 4.08. The fraction of sp³-hybridized carbons (Fsp3) is 0.500. The predicted molar refractivity (Wildman–Crippen MR) is 97.6 cm³/mol. The van der Waals surface area contributed by atoms with E-state index in [1.165, 1.54) is 18.2 Å². The normalized spacial score (nSPS) is 16.3. The fourth-order valence-corrected chi connectivity index (χ4v) is 3.06. The lowest BCUT2D eigenvalue weighted by Crippen LogP contribution is -2.48. The van der Waals surface area contributed by atoms with Gasteiger partial charge >= 0.3 is 6.18 Å². The van der Waals surface area contributed by atoms with Gasteiger partial charge < -0.3 is 9.64 Å². The molecule has 0 N–H and O–H groups in total. The first kappa shape index (κ1) is 21.8. The number of nitrogens with zero attached hydrogens (tertiary/aromatic N) is 2. The summed E-state index contributed by atoms with van der Waals surface area (Å²) < 4.78 is 54.9. The maximum absolute atomic E-state index is 13.7. The molecule has 1 aromatic carbocycles. The molecule has 1 fully saturated rings. The number of carbonyl (C=O) groups is 1. The third-order valence-corrected chi connectivity index (χ3v) is 4.57. The van der Waals surface area contributed by atoms with Crippen molar-refractivity contribution in [3.63, 3.8) is 0 Å². The quantitative estimate of drug-likeness (QED) is 0.359. The van der Waals surface area contributed by atoms with Gasteiger partial charge in [0.05, 0.1) is 0 Å². The average molecular weight is 453 g/mol. The molecule has 150 valence electrons. The number of piperazine rings is 1. The number of benzene rings is 1. The van der Waals surface area contributed by atoms with Gasteiger partial charge in [-0.25, -0.2) is 4.39 Å². The SMILES string of the molecule is O=C(/C=C/c1cc(Br)ccc1F)N1CCN(CCCOCC(F)(F)F)CC1. The van der Waals surface area contributed by atoms with E-state index in [0.717, 1.165) is 4.47 Å². The second kappa shape index (κ2) is 10.2. The lowest BCUT2D eigenvalue weighted by atomic mass is 10.2. The molecule has 1 amide bonds. The summed E-state index contributed by atoms with van der Waals surface area (Å²) >= 11 is 3.26. The number of hydrogen-bond donors (Lipinski definition) is 0. The Morgan fingerprint density at radius 1 is 1.22 bits per heavy atom. The second-order valence-electron chi connectivity index (χ2n) is 6.19. The zero-order valence-corrected chi connectivity index (χ0v) is 16.2. The van der Waals surface area contributed by atoms with Crippen LogP contribution in [-0.4, -0.2) is 67.8 Å². The Labute approximate surface area is 163 Å². The summed E-state index contributed by atoms with van der Waals surface area (Å²) in [6, 6.07) is 4.51. The van der Waals surface area contributed by atoms with Crippen LogP contribution in [0, 0.1) is 5.82 Å². The van der Waals surface area contributed by atoms with Crippen LogP contribution in [0.4, 0.5) is 17.6 Å². The molecule has 1 aromatic rings. The molecule has 1 aliphatic heterocycles. The summed E-state index contributed by atoms with van der Waals surface area (Å²) in [6.45, 7) is 1.79. The van der Waals surface area contributed by atoms with E-state index >= 15 is 0 Å². The fourth-order valence-electron chi connectivity index (χ4n) is 2.68. The van der Waals surface area contributed by atoms with Crippen molar-refractivity contribution in [1.82, 2.24) is 9.80 Å². The van der Waals surface area contributed by atoms with Crippen LogP contribution in [0.25, 0.3) is 6.08 Å². The van der Waals surface area contributed by atoms with Gasteiger partial charge in [0, 0.05) is 55.4 Å². The van der Waals surface area contributed by atoms with E-state index in [4.69, 9.17) is 0 Å². The maximum atomic E-state index is 13.7. The molecule has 0 spiro atoms. The number of halogens is 5. The summed E-state index contributed by atoms with van der Waals surface area (Å²) in [7, 11) is 0. The van der Waals surface area contributed by atoms with E-state index in [1.807, 2.05) is 0 Å². The molecule has 0 bridgehead atoms. The van der Waals surface area contributed by atoms with Crippen molar-refractivity contribution in [2.24, 2.45) is 0 Å². The van der Waals surface area contributed by atoms with Crippen molar-refractivity contribution in [2.45, 2.75) is 12.6 Å². The Bertz CT molecular complexity index is 659. The third kappa shape index (κ3) is 7.98. The van der Waals surface area contributed by atoms with Crippen molar-refractivity contribution in [2.75, 3.05) is 45.9 Å². The highest BCUT2D eigenvalue weighted by molar-refractivity contribution is 9.10. The van der Waals surface area contributed by atoms with Gasteiger partial charge in [0.25, 0.3) is 0 Å². The van der Waals surface area contributed by atoms with Gasteiger partial charge in [-0.3, -0.25) is 9.69 Å². The topological polar surface area (TPSA) is 32.8 Å². The van der Waals surface area contributed by atoms with E-state index in [2.05, 4.69) is 25.6 Å². The number of hydrogen-bond acceptors (Lipinski definition) is 3. The molecular weight excluding hydrogens is 432 g/mol. The summed E-state index contributed by atoms with van der Waals surface area (Å²) in [5.41, 5.74) is 0.329. The largest absolute Gasteiger partial charge is 0.411 e. The predicted octanol–water partition coefficient (Wildman–Crippen LogP) is 3.71. The van der Waals surface area contributed by atoms with Gasteiger partial charge in [0.15, 0.2) is 0 Å². The highest BCUT2D eigenvalue weighted by Gasteiger charge is 2.27. The standard InChI is InChI=1S/C18H21BrF4N2O2/c19-15-3-4-16(20)14(12-15)2-5-17(26)25-9-7-24(8-10-25)6-1-11-27-13-18(21,22)23/h2-5,12H,1,6-11,13H2/b5-2+. The van der Waals surface area contributed by atoms with Crippen LogP contribution in [0.5, 0.6) is 0 Å². The van der Waals surface area contributed by atoms with Crippen LogP contribution in [0.1, 0.15) is 12.0 Å². The molecule has 1 saturated heterocycles. The first-order valence-electron chi connectivity index (χ1n) is 8.53. The zero-order chi connectivity index (χ0) is 19.9. The van der Waals surface area contributed by atoms with Crippen LogP contribution in [-0.2, 0) is 9.53 Å². The molecule has 0 atom stereocenters.